The van der Waals surface area contributed by atoms with Crippen molar-refractivity contribution >= 4 is 22.3 Å². The molecule has 9 heteroatoms. The number of anilines is 2. The Labute approximate surface area is 257 Å². The quantitative estimate of drug-likeness (QED) is 0.292. The van der Waals surface area contributed by atoms with Gasteiger partial charge >= 0.3 is 0 Å². The van der Waals surface area contributed by atoms with E-state index < -0.39 is 0 Å². The Morgan fingerprint density at radius 1 is 0.977 bits per heavy atom. The van der Waals surface area contributed by atoms with E-state index in [1.165, 1.54) is 11.6 Å². The molecule has 8 nitrogen and oxygen atoms in total. The van der Waals surface area contributed by atoms with Crippen LogP contribution in [0.2, 0.25) is 0 Å². The predicted octanol–water partition coefficient (Wildman–Crippen LogP) is 4.98. The molecule has 44 heavy (non-hydrogen) atoms. The Balaban J connectivity index is 1.24. The third-order valence-corrected chi connectivity index (χ3v) is 9.56. The number of hydrogen-bond acceptors (Lipinski definition) is 7. The van der Waals surface area contributed by atoms with Crippen molar-refractivity contribution < 1.29 is 9.50 Å². The van der Waals surface area contributed by atoms with Gasteiger partial charge in [-0.05, 0) is 81.5 Å². The van der Waals surface area contributed by atoms with Gasteiger partial charge < -0.3 is 19.5 Å². The number of aryl methyl sites for hydroxylation is 2. The lowest BCUT2D eigenvalue weighted by Gasteiger charge is -2.40. The topological polar surface area (TPSA) is 77.7 Å². The Hall–Kier alpha value is -3.82. The molecule has 7 rings (SSSR count). The molecule has 0 radical (unpaired) electrons. The number of hydrogen-bond donors (Lipinski definition) is 1. The van der Waals surface area contributed by atoms with Gasteiger partial charge in [-0.25, -0.2) is 4.39 Å². The largest absolute Gasteiger partial charge is 0.396 e. The molecule has 1 saturated carbocycles. The van der Waals surface area contributed by atoms with E-state index in [9.17, 15) is 9.90 Å². The monoisotopic (exact) mass is 596 g/mol. The minimum atomic E-state index is -0.371. The van der Waals surface area contributed by atoms with Crippen molar-refractivity contribution in [2.45, 2.75) is 64.7 Å². The number of rotatable bonds is 9. The van der Waals surface area contributed by atoms with Gasteiger partial charge in [-0.2, -0.15) is 0 Å². The molecule has 0 spiro atoms. The highest BCUT2D eigenvalue weighted by Crippen LogP contribution is 2.39. The Morgan fingerprint density at radius 3 is 2.55 bits per heavy atom. The summed E-state index contributed by atoms with van der Waals surface area (Å²) in [7, 11) is 0. The molecule has 1 unspecified atom stereocenters. The van der Waals surface area contributed by atoms with Crippen LogP contribution in [0.25, 0.3) is 10.9 Å². The van der Waals surface area contributed by atoms with Crippen LogP contribution < -0.4 is 15.2 Å². The van der Waals surface area contributed by atoms with E-state index in [1.54, 1.807) is 0 Å². The fraction of sp³-hybridized carbons (Fsp3) is 0.457. The first kappa shape index (κ1) is 28.9. The molecule has 2 saturated heterocycles. The summed E-state index contributed by atoms with van der Waals surface area (Å²) in [6.45, 7) is 8.39. The van der Waals surface area contributed by atoms with Crippen LogP contribution in [0.15, 0.2) is 59.8 Å². The third kappa shape index (κ3) is 5.83. The first-order chi connectivity index (χ1) is 21.4. The van der Waals surface area contributed by atoms with E-state index in [0.29, 0.717) is 48.9 Å². The van der Waals surface area contributed by atoms with Crippen LogP contribution in [0.3, 0.4) is 0 Å². The van der Waals surface area contributed by atoms with Crippen LogP contribution >= 0.6 is 0 Å². The maximum Gasteiger partial charge on any atom is 0.193 e. The summed E-state index contributed by atoms with van der Waals surface area (Å²) in [5.41, 5.74) is 6.21. The standard InChI is InChI=1S/C35H41FN6O2/c1-23-5-6-29(15-38-23)39-11-3-4-30(21-39)40(16-25-9-10-37-24(2)12-25)19-27-20-42(28-7-8-28)33-14-34(41-17-26(18-41)22-43)32(36)13-31(33)35(27)44/h5-6,9-10,12-15,20,26,28,30,43H,3-4,7-8,11,16-19,21-22H2,1-2H3. The van der Waals surface area contributed by atoms with E-state index in [0.717, 1.165) is 61.4 Å². The van der Waals surface area contributed by atoms with Gasteiger partial charge in [0.05, 0.1) is 23.1 Å². The summed E-state index contributed by atoms with van der Waals surface area (Å²) in [6.07, 6.45) is 10.1. The maximum atomic E-state index is 15.5. The molecule has 3 fully saturated rings. The highest BCUT2D eigenvalue weighted by atomic mass is 19.1. The average molecular weight is 597 g/mol. The summed E-state index contributed by atoms with van der Waals surface area (Å²) < 4.78 is 17.7. The molecule has 4 aromatic rings. The van der Waals surface area contributed by atoms with Gasteiger partial charge in [0.2, 0.25) is 0 Å². The van der Waals surface area contributed by atoms with Crippen molar-refractivity contribution in [2.24, 2.45) is 5.92 Å². The van der Waals surface area contributed by atoms with Crippen LogP contribution in [0, 0.1) is 25.6 Å². The zero-order valence-corrected chi connectivity index (χ0v) is 25.6. The zero-order valence-electron chi connectivity index (χ0n) is 25.6. The molecule has 0 amide bonds. The van der Waals surface area contributed by atoms with Crippen molar-refractivity contribution in [2.75, 3.05) is 42.6 Å². The second-order valence-electron chi connectivity index (χ2n) is 13.0. The Kier molecular flexibility index (Phi) is 7.84. The summed E-state index contributed by atoms with van der Waals surface area (Å²) in [4.78, 5) is 29.8. The van der Waals surface area contributed by atoms with Crippen LogP contribution in [-0.2, 0) is 13.1 Å². The lowest BCUT2D eigenvalue weighted by atomic mass is 9.99. The number of benzene rings is 1. The summed E-state index contributed by atoms with van der Waals surface area (Å²) in [5, 5.41) is 9.91. The second kappa shape index (κ2) is 11.9. The molecule has 1 N–H and O–H groups in total. The summed E-state index contributed by atoms with van der Waals surface area (Å²) in [5.74, 6) is -0.199. The molecule has 1 aliphatic carbocycles. The second-order valence-corrected chi connectivity index (χ2v) is 13.0. The minimum Gasteiger partial charge on any atom is -0.396 e. The van der Waals surface area contributed by atoms with Crippen molar-refractivity contribution in [3.63, 3.8) is 0 Å². The van der Waals surface area contributed by atoms with Gasteiger partial charge in [0, 0.05) is 98.6 Å². The fourth-order valence-electron chi connectivity index (χ4n) is 6.91. The van der Waals surface area contributed by atoms with Crippen molar-refractivity contribution in [3.05, 3.63) is 93.5 Å². The number of aliphatic hydroxyl groups is 1. The molecule has 1 atom stereocenters. The Bertz CT molecular complexity index is 1710. The number of aliphatic hydroxyl groups excluding tert-OH is 1. The van der Waals surface area contributed by atoms with E-state index in [1.807, 2.05) is 43.4 Å². The van der Waals surface area contributed by atoms with Crippen molar-refractivity contribution in [1.29, 1.82) is 0 Å². The molecule has 1 aromatic carbocycles. The van der Waals surface area contributed by atoms with E-state index >= 15 is 4.39 Å². The van der Waals surface area contributed by atoms with Crippen LogP contribution in [-0.4, -0.2) is 63.4 Å². The van der Waals surface area contributed by atoms with Crippen molar-refractivity contribution in [1.82, 2.24) is 19.4 Å². The summed E-state index contributed by atoms with van der Waals surface area (Å²) in [6, 6.07) is 12.2. The lowest BCUT2D eigenvalue weighted by Crippen LogP contribution is -2.48. The minimum absolute atomic E-state index is 0.0921. The van der Waals surface area contributed by atoms with Crippen LogP contribution in [0.4, 0.5) is 15.8 Å². The molecular weight excluding hydrogens is 555 g/mol. The van der Waals surface area contributed by atoms with Gasteiger partial charge in [0.1, 0.15) is 5.82 Å². The van der Waals surface area contributed by atoms with Crippen LogP contribution in [0.1, 0.15) is 54.2 Å². The van der Waals surface area contributed by atoms with Crippen molar-refractivity contribution in [3.8, 4) is 0 Å². The lowest BCUT2D eigenvalue weighted by molar-refractivity contribution is 0.158. The van der Waals surface area contributed by atoms with Gasteiger partial charge in [0.15, 0.2) is 5.43 Å². The molecule has 3 aromatic heterocycles. The fourth-order valence-corrected chi connectivity index (χ4v) is 6.91. The van der Waals surface area contributed by atoms with Gasteiger partial charge in [0.25, 0.3) is 0 Å². The maximum absolute atomic E-state index is 15.5. The van der Waals surface area contributed by atoms with E-state index in [-0.39, 0.29) is 29.8 Å². The third-order valence-electron chi connectivity index (χ3n) is 9.56. The molecular formula is C35H41FN6O2. The molecule has 230 valence electrons. The number of aromatic nitrogens is 3. The van der Waals surface area contributed by atoms with E-state index in [2.05, 4.69) is 48.6 Å². The number of nitrogens with zero attached hydrogens (tertiary/aromatic N) is 6. The first-order valence-electron chi connectivity index (χ1n) is 15.9. The normalized spacial score (nSPS) is 19.2. The highest BCUT2D eigenvalue weighted by Gasteiger charge is 2.32. The van der Waals surface area contributed by atoms with Gasteiger partial charge in [-0.15, -0.1) is 0 Å². The predicted molar refractivity (Wildman–Crippen MR) is 172 cm³/mol. The van der Waals surface area contributed by atoms with Gasteiger partial charge in [-0.1, -0.05) is 0 Å². The molecule has 0 bridgehead atoms. The number of piperidine rings is 1. The average Bonchev–Trinajstić information content (AvgIpc) is 3.84. The Morgan fingerprint density at radius 2 is 1.82 bits per heavy atom. The highest BCUT2D eigenvalue weighted by molar-refractivity contribution is 5.84. The first-order valence-corrected chi connectivity index (χ1v) is 15.9. The van der Waals surface area contributed by atoms with E-state index in [4.69, 9.17) is 0 Å². The zero-order chi connectivity index (χ0) is 30.4. The van der Waals surface area contributed by atoms with Crippen LogP contribution in [0.5, 0.6) is 0 Å². The number of fused-ring (bicyclic) bond motifs is 1. The number of pyridine rings is 3. The molecule has 2 aliphatic heterocycles. The summed E-state index contributed by atoms with van der Waals surface area (Å²) >= 11 is 0. The SMILES string of the molecule is Cc1ccc(N2CCCC(N(Cc3ccnc(C)c3)Cc3cn(C4CC4)c4cc(N5CC(CO)C5)c(F)cc4c3=O)C2)cn1. The van der Waals surface area contributed by atoms with Gasteiger partial charge in [-0.3, -0.25) is 19.7 Å². The molecule has 5 heterocycles. The smallest absolute Gasteiger partial charge is 0.193 e. The number of halogens is 1. The molecule has 3 aliphatic rings.